The first-order valence-electron chi connectivity index (χ1n) is 17.7. The van der Waals surface area contributed by atoms with Crippen molar-refractivity contribution in [2.75, 3.05) is 6.61 Å². The van der Waals surface area contributed by atoms with Crippen LogP contribution >= 0.6 is 0 Å². The van der Waals surface area contributed by atoms with Gasteiger partial charge in [0.25, 0.3) is 0 Å². The van der Waals surface area contributed by atoms with Gasteiger partial charge in [-0.2, -0.15) is 0 Å². The second kappa shape index (κ2) is 9.88. The van der Waals surface area contributed by atoms with Gasteiger partial charge >= 0.3 is 5.97 Å². The van der Waals surface area contributed by atoms with Crippen molar-refractivity contribution in [1.29, 1.82) is 0 Å². The van der Waals surface area contributed by atoms with E-state index in [4.69, 9.17) is 14.2 Å². The zero-order chi connectivity index (χ0) is 32.8. The van der Waals surface area contributed by atoms with Crippen molar-refractivity contribution < 1.29 is 44.5 Å². The van der Waals surface area contributed by atoms with E-state index in [0.29, 0.717) is 12.8 Å². The van der Waals surface area contributed by atoms with E-state index in [-0.39, 0.29) is 56.9 Å². The summed E-state index contributed by atoms with van der Waals surface area (Å²) in [6.45, 7) is 15.8. The predicted molar refractivity (Wildman–Crippen MR) is 164 cm³/mol. The van der Waals surface area contributed by atoms with Crippen molar-refractivity contribution in [3.63, 3.8) is 0 Å². The predicted octanol–water partition coefficient (Wildman–Crippen LogP) is 3.70. The van der Waals surface area contributed by atoms with E-state index in [2.05, 4.69) is 48.5 Å². The average Bonchev–Trinajstić information content (AvgIpc) is 3.15. The molecular weight excluding hydrogens is 576 g/mol. The van der Waals surface area contributed by atoms with Crippen molar-refractivity contribution in [2.45, 2.75) is 161 Å². The van der Waals surface area contributed by atoms with Crippen LogP contribution in [0.4, 0.5) is 0 Å². The van der Waals surface area contributed by atoms with Crippen molar-refractivity contribution in [3.8, 4) is 0 Å². The van der Waals surface area contributed by atoms with Crippen LogP contribution in [0.1, 0.15) is 113 Å². The Hall–Kier alpha value is -0.810. The number of carbonyl (C=O) groups excluding carboxylic acids is 1. The number of aliphatic hydroxyl groups is 5. The monoisotopic (exact) mass is 634 g/mol. The van der Waals surface area contributed by atoms with Crippen LogP contribution in [0.25, 0.3) is 0 Å². The zero-order valence-electron chi connectivity index (χ0n) is 28.4. The lowest BCUT2D eigenvalue weighted by Gasteiger charge is -2.74. The SMILES string of the molecule is CC1(C)CC[C@@]23CC[C@]4(C)[C@@](OC2=O)([C@@H]3C1)[C@@H](O)C[C@@H]1[C@@]2(C)CC[C@H](O[C@H]3O[C@H](CO)[C@@H](O)[C@H](O)[C@@H]3O)C(C)(C)[C@@H]2CC[C@]14C. The van der Waals surface area contributed by atoms with Crippen LogP contribution in [0.15, 0.2) is 0 Å². The third-order valence-electron chi connectivity index (χ3n) is 16.1. The molecule has 2 bridgehead atoms. The van der Waals surface area contributed by atoms with Gasteiger partial charge in [-0.15, -0.1) is 0 Å². The number of hydrogen-bond acceptors (Lipinski definition) is 9. The lowest BCUT2D eigenvalue weighted by Crippen LogP contribution is -2.76. The molecular formula is C36H58O9. The van der Waals surface area contributed by atoms with Crippen LogP contribution in [0.3, 0.4) is 0 Å². The van der Waals surface area contributed by atoms with Gasteiger partial charge in [0.05, 0.1) is 24.2 Å². The molecule has 5 saturated carbocycles. The normalized spacial score (nSPS) is 58.0. The van der Waals surface area contributed by atoms with Crippen LogP contribution in [0, 0.1) is 50.2 Å². The molecule has 0 radical (unpaired) electrons. The summed E-state index contributed by atoms with van der Waals surface area (Å²) in [4.78, 5) is 13.9. The molecule has 15 atom stereocenters. The average molecular weight is 635 g/mol. The third-order valence-corrected chi connectivity index (χ3v) is 16.1. The van der Waals surface area contributed by atoms with E-state index in [1.54, 1.807) is 0 Å². The molecule has 256 valence electrons. The van der Waals surface area contributed by atoms with Crippen LogP contribution in [-0.2, 0) is 19.0 Å². The van der Waals surface area contributed by atoms with Crippen molar-refractivity contribution in [3.05, 3.63) is 0 Å². The van der Waals surface area contributed by atoms with Crippen molar-refractivity contribution in [2.24, 2.45) is 50.2 Å². The smallest absolute Gasteiger partial charge is 0.313 e. The van der Waals surface area contributed by atoms with Gasteiger partial charge in [0.2, 0.25) is 0 Å². The van der Waals surface area contributed by atoms with Gasteiger partial charge in [0.1, 0.15) is 30.0 Å². The summed E-state index contributed by atoms with van der Waals surface area (Å²) in [5.41, 5.74) is -2.09. The number of esters is 1. The summed E-state index contributed by atoms with van der Waals surface area (Å²) in [6, 6.07) is 0. The number of carbonyl (C=O) groups is 1. The molecule has 5 aliphatic carbocycles. The molecule has 0 aromatic rings. The number of fused-ring (bicyclic) bond motifs is 4. The molecule has 2 heterocycles. The van der Waals surface area contributed by atoms with Gasteiger partial charge in [-0.05, 0) is 97.7 Å². The molecule has 9 nitrogen and oxygen atoms in total. The van der Waals surface area contributed by atoms with Gasteiger partial charge < -0.3 is 39.7 Å². The maximum absolute atomic E-state index is 13.9. The first kappa shape index (κ1) is 32.7. The Balaban J connectivity index is 1.20. The van der Waals surface area contributed by atoms with Crippen LogP contribution in [0.5, 0.6) is 0 Å². The zero-order valence-corrected chi connectivity index (χ0v) is 28.4. The first-order chi connectivity index (χ1) is 20.8. The number of ether oxygens (including phenoxy) is 3. The summed E-state index contributed by atoms with van der Waals surface area (Å²) in [7, 11) is 0. The summed E-state index contributed by atoms with van der Waals surface area (Å²) in [6.07, 6.45) is 1.22. The molecule has 7 aliphatic rings. The fraction of sp³-hybridized carbons (Fsp3) is 0.972. The van der Waals surface area contributed by atoms with Crippen molar-refractivity contribution in [1.82, 2.24) is 0 Å². The van der Waals surface area contributed by atoms with Gasteiger partial charge in [-0.3, -0.25) is 4.79 Å². The Morgan fingerprint density at radius 1 is 0.800 bits per heavy atom. The maximum atomic E-state index is 13.9. The van der Waals surface area contributed by atoms with E-state index >= 15 is 0 Å². The minimum atomic E-state index is -1.47. The minimum absolute atomic E-state index is 0.0393. The number of rotatable bonds is 3. The van der Waals surface area contributed by atoms with E-state index in [9.17, 15) is 30.3 Å². The molecule has 9 heteroatoms. The first-order valence-corrected chi connectivity index (χ1v) is 17.7. The molecule has 1 spiro atoms. The van der Waals surface area contributed by atoms with Gasteiger partial charge in [0.15, 0.2) is 6.29 Å². The number of hydrogen-bond donors (Lipinski definition) is 5. The third kappa shape index (κ3) is 3.89. The van der Waals surface area contributed by atoms with Crippen LogP contribution in [0.2, 0.25) is 0 Å². The second-order valence-electron chi connectivity index (χ2n) is 18.6. The maximum Gasteiger partial charge on any atom is 0.313 e. The minimum Gasteiger partial charge on any atom is -0.455 e. The standard InChI is InChI=1S/C36H58O9/c1-30(2)12-14-35-15-13-34(7)33(6)11-8-20-31(3,4)24(44-28-27(41)26(40)25(39)19(18-37)43-28)9-10-32(20,5)21(33)16-23(38)36(34,22(35)17-30)45-29(35)42/h19-28,37-41H,8-18H2,1-7H3/t19-,20+,21-,22-,23+,24+,25-,26+,27+,28-,32+,33-,34+,35+,36-/m1/s1. The Labute approximate surface area is 268 Å². The largest absolute Gasteiger partial charge is 0.455 e. The van der Waals surface area contributed by atoms with E-state index in [1.807, 2.05) is 0 Å². The quantitative estimate of drug-likeness (QED) is 0.232. The van der Waals surface area contributed by atoms with E-state index < -0.39 is 54.4 Å². The highest BCUT2D eigenvalue weighted by Gasteiger charge is 2.83. The Morgan fingerprint density at radius 3 is 2.18 bits per heavy atom. The van der Waals surface area contributed by atoms with Gasteiger partial charge in [-0.1, -0.05) is 48.5 Å². The summed E-state index contributed by atoms with van der Waals surface area (Å²) in [5.74, 6) is 0.473. The van der Waals surface area contributed by atoms with Gasteiger partial charge in [0, 0.05) is 11.3 Å². The summed E-state index contributed by atoms with van der Waals surface area (Å²) >= 11 is 0. The molecule has 7 fully saturated rings. The summed E-state index contributed by atoms with van der Waals surface area (Å²) in [5, 5.41) is 53.5. The lowest BCUT2D eigenvalue weighted by molar-refractivity contribution is -0.340. The van der Waals surface area contributed by atoms with Crippen LogP contribution < -0.4 is 0 Å². The molecule has 0 amide bonds. The van der Waals surface area contributed by atoms with Gasteiger partial charge in [-0.25, -0.2) is 0 Å². The molecule has 0 aromatic heterocycles. The molecule has 2 saturated heterocycles. The lowest BCUT2D eigenvalue weighted by atomic mass is 9.30. The highest BCUT2D eigenvalue weighted by Crippen LogP contribution is 2.80. The molecule has 7 rings (SSSR count). The second-order valence-corrected chi connectivity index (χ2v) is 18.6. The Morgan fingerprint density at radius 2 is 1.49 bits per heavy atom. The van der Waals surface area contributed by atoms with Crippen LogP contribution in [-0.4, -0.2) is 86.6 Å². The molecule has 5 N–H and O–H groups in total. The fourth-order valence-corrected chi connectivity index (χ4v) is 13.4. The number of aliphatic hydroxyl groups excluding tert-OH is 5. The Kier molecular flexibility index (Phi) is 7.19. The fourth-order valence-electron chi connectivity index (χ4n) is 13.4. The van der Waals surface area contributed by atoms with E-state index in [1.165, 1.54) is 0 Å². The summed E-state index contributed by atoms with van der Waals surface area (Å²) < 4.78 is 18.9. The van der Waals surface area contributed by atoms with Crippen molar-refractivity contribution >= 4 is 5.97 Å². The molecule has 45 heavy (non-hydrogen) atoms. The molecule has 2 aliphatic heterocycles. The van der Waals surface area contributed by atoms with E-state index in [0.717, 1.165) is 51.4 Å². The highest BCUT2D eigenvalue weighted by atomic mass is 16.7. The Bertz CT molecular complexity index is 1220. The molecule has 0 unspecified atom stereocenters. The molecule has 0 aromatic carbocycles. The topological polar surface area (TPSA) is 146 Å². The highest BCUT2D eigenvalue weighted by molar-refractivity contribution is 5.82.